The summed E-state index contributed by atoms with van der Waals surface area (Å²) in [4.78, 5) is 14.1. The first kappa shape index (κ1) is 15.2. The first-order valence-corrected chi connectivity index (χ1v) is 8.27. The second-order valence-corrected chi connectivity index (χ2v) is 6.50. The molecule has 6 heteroatoms. The molecule has 2 aromatic rings. The molecule has 0 aliphatic carbocycles. The molecule has 0 bridgehead atoms. The molecule has 0 aromatic heterocycles. The van der Waals surface area contributed by atoms with Crippen molar-refractivity contribution >= 4 is 35.1 Å². The van der Waals surface area contributed by atoms with Crippen molar-refractivity contribution < 1.29 is 9.18 Å². The van der Waals surface area contributed by atoms with E-state index in [0.29, 0.717) is 22.8 Å². The smallest absolute Gasteiger partial charge is 0.308 e. The van der Waals surface area contributed by atoms with Crippen LogP contribution in [-0.4, -0.2) is 23.2 Å². The van der Waals surface area contributed by atoms with E-state index >= 15 is 0 Å². The minimum Gasteiger partial charge on any atom is -0.308 e. The number of hydrogen-bond donors (Lipinski definition) is 1. The van der Waals surface area contributed by atoms with Gasteiger partial charge in [0.2, 0.25) is 0 Å². The number of amides is 2. The van der Waals surface area contributed by atoms with Gasteiger partial charge in [-0.2, -0.15) is 0 Å². The number of rotatable bonds is 2. The molecule has 0 saturated carbocycles. The highest BCUT2D eigenvalue weighted by Gasteiger charge is 2.32. The Kier molecular flexibility index (Phi) is 4.55. The van der Waals surface area contributed by atoms with Gasteiger partial charge in [0.05, 0.1) is 0 Å². The zero-order valence-electron chi connectivity index (χ0n) is 11.6. The van der Waals surface area contributed by atoms with Crippen LogP contribution in [0.1, 0.15) is 10.9 Å². The van der Waals surface area contributed by atoms with Gasteiger partial charge in [-0.25, -0.2) is 9.18 Å². The minimum absolute atomic E-state index is 0.250. The van der Waals surface area contributed by atoms with Gasteiger partial charge in [-0.15, -0.1) is 11.8 Å². The van der Waals surface area contributed by atoms with Crippen LogP contribution in [0.5, 0.6) is 0 Å². The Morgan fingerprint density at radius 3 is 2.86 bits per heavy atom. The van der Waals surface area contributed by atoms with E-state index in [0.717, 1.165) is 5.75 Å². The molecule has 1 saturated heterocycles. The Morgan fingerprint density at radius 1 is 1.27 bits per heavy atom. The van der Waals surface area contributed by atoms with Crippen LogP contribution in [0, 0.1) is 5.82 Å². The average molecular weight is 337 g/mol. The molecule has 1 unspecified atom stereocenters. The van der Waals surface area contributed by atoms with Crippen LogP contribution in [0.2, 0.25) is 5.02 Å². The van der Waals surface area contributed by atoms with Crippen molar-refractivity contribution in [1.82, 2.24) is 4.90 Å². The normalized spacial score (nSPS) is 17.5. The van der Waals surface area contributed by atoms with Gasteiger partial charge in [0.25, 0.3) is 0 Å². The predicted octanol–water partition coefficient (Wildman–Crippen LogP) is 4.76. The number of carbonyl (C=O) groups excluding carboxylic acids is 1. The summed E-state index contributed by atoms with van der Waals surface area (Å²) in [6.45, 7) is 0.579. The molecule has 1 heterocycles. The van der Waals surface area contributed by atoms with E-state index in [1.54, 1.807) is 59.1 Å². The van der Waals surface area contributed by atoms with Gasteiger partial charge in [0.1, 0.15) is 11.2 Å². The third-order valence-electron chi connectivity index (χ3n) is 3.40. The van der Waals surface area contributed by atoms with Crippen LogP contribution < -0.4 is 5.32 Å². The molecule has 2 amide bonds. The number of nitrogens with one attached hydrogen (secondary N) is 1. The van der Waals surface area contributed by atoms with Gasteiger partial charge in [-0.1, -0.05) is 35.9 Å². The predicted molar refractivity (Wildman–Crippen MR) is 88.8 cm³/mol. The molecule has 114 valence electrons. The summed E-state index contributed by atoms with van der Waals surface area (Å²) in [6.07, 6.45) is 0. The van der Waals surface area contributed by atoms with E-state index in [-0.39, 0.29) is 17.2 Å². The molecule has 1 atom stereocenters. The summed E-state index contributed by atoms with van der Waals surface area (Å²) in [5.41, 5.74) is 1.16. The van der Waals surface area contributed by atoms with E-state index in [4.69, 9.17) is 11.6 Å². The maximum atomic E-state index is 14.0. The summed E-state index contributed by atoms with van der Waals surface area (Å²) in [5.74, 6) is 0.490. The molecule has 0 spiro atoms. The molecule has 0 radical (unpaired) electrons. The van der Waals surface area contributed by atoms with E-state index in [1.165, 1.54) is 6.07 Å². The SMILES string of the molecule is O=C(Nc1cccc(Cl)c1)N1CCSC1c1ccccc1F. The quantitative estimate of drug-likeness (QED) is 0.857. The Labute approximate surface area is 137 Å². The number of carbonyl (C=O) groups is 1. The Bertz CT molecular complexity index is 697. The molecule has 1 aliphatic rings. The standard InChI is InChI=1S/C16H14ClFN2OS/c17-11-4-3-5-12(10-11)19-16(21)20-8-9-22-15(20)13-6-1-2-7-14(13)18/h1-7,10,15H,8-9H2,(H,19,21). The van der Waals surface area contributed by atoms with E-state index in [9.17, 15) is 9.18 Å². The van der Waals surface area contributed by atoms with Crippen molar-refractivity contribution in [2.75, 3.05) is 17.6 Å². The zero-order chi connectivity index (χ0) is 15.5. The molecule has 22 heavy (non-hydrogen) atoms. The number of thioether (sulfide) groups is 1. The van der Waals surface area contributed by atoms with Crippen molar-refractivity contribution in [3.63, 3.8) is 0 Å². The van der Waals surface area contributed by atoms with Crippen LogP contribution >= 0.6 is 23.4 Å². The second kappa shape index (κ2) is 6.58. The summed E-state index contributed by atoms with van der Waals surface area (Å²) in [5, 5.41) is 3.06. The van der Waals surface area contributed by atoms with Gasteiger partial charge in [-0.3, -0.25) is 0 Å². The van der Waals surface area contributed by atoms with Gasteiger partial charge < -0.3 is 10.2 Å². The monoisotopic (exact) mass is 336 g/mol. The van der Waals surface area contributed by atoms with Crippen molar-refractivity contribution in [3.05, 3.63) is 64.9 Å². The Hall–Kier alpha value is -1.72. The number of nitrogens with zero attached hydrogens (tertiary/aromatic N) is 1. The summed E-state index contributed by atoms with van der Waals surface area (Å²) >= 11 is 7.47. The van der Waals surface area contributed by atoms with Crippen LogP contribution in [0.4, 0.5) is 14.9 Å². The number of urea groups is 1. The molecule has 3 nitrogen and oxygen atoms in total. The molecule has 2 aromatic carbocycles. The van der Waals surface area contributed by atoms with Gasteiger partial charge in [0.15, 0.2) is 0 Å². The number of anilines is 1. The van der Waals surface area contributed by atoms with E-state index in [2.05, 4.69) is 5.32 Å². The molecule has 1 fully saturated rings. The van der Waals surface area contributed by atoms with Crippen molar-refractivity contribution in [3.8, 4) is 0 Å². The molecule has 3 rings (SSSR count). The Balaban J connectivity index is 1.78. The van der Waals surface area contributed by atoms with E-state index < -0.39 is 0 Å². The average Bonchev–Trinajstić information content (AvgIpc) is 2.97. The van der Waals surface area contributed by atoms with Crippen LogP contribution in [-0.2, 0) is 0 Å². The lowest BCUT2D eigenvalue weighted by Crippen LogP contribution is -2.34. The number of hydrogen-bond acceptors (Lipinski definition) is 2. The lowest BCUT2D eigenvalue weighted by molar-refractivity contribution is 0.213. The largest absolute Gasteiger partial charge is 0.323 e. The molecule has 1 aliphatic heterocycles. The highest BCUT2D eigenvalue weighted by Crippen LogP contribution is 2.39. The van der Waals surface area contributed by atoms with Crippen LogP contribution in [0.3, 0.4) is 0 Å². The van der Waals surface area contributed by atoms with E-state index in [1.807, 2.05) is 0 Å². The summed E-state index contributed by atoms with van der Waals surface area (Å²) in [6, 6.07) is 13.3. The lowest BCUT2D eigenvalue weighted by Gasteiger charge is -2.24. The zero-order valence-corrected chi connectivity index (χ0v) is 13.2. The minimum atomic E-state index is -0.305. The molecular formula is C16H14ClFN2OS. The summed E-state index contributed by atoms with van der Waals surface area (Å²) < 4.78 is 14.0. The summed E-state index contributed by atoms with van der Waals surface area (Å²) in [7, 11) is 0. The van der Waals surface area contributed by atoms with Crippen LogP contribution in [0.15, 0.2) is 48.5 Å². The van der Waals surface area contributed by atoms with Crippen molar-refractivity contribution in [2.24, 2.45) is 0 Å². The third kappa shape index (κ3) is 3.20. The third-order valence-corrected chi connectivity index (χ3v) is 4.88. The topological polar surface area (TPSA) is 32.3 Å². The first-order chi connectivity index (χ1) is 10.6. The second-order valence-electron chi connectivity index (χ2n) is 4.88. The molecule has 1 N–H and O–H groups in total. The first-order valence-electron chi connectivity index (χ1n) is 6.84. The van der Waals surface area contributed by atoms with Crippen molar-refractivity contribution in [1.29, 1.82) is 0 Å². The van der Waals surface area contributed by atoms with Crippen molar-refractivity contribution in [2.45, 2.75) is 5.37 Å². The van der Waals surface area contributed by atoms with Gasteiger partial charge in [-0.05, 0) is 24.3 Å². The fourth-order valence-electron chi connectivity index (χ4n) is 2.37. The van der Waals surface area contributed by atoms with Crippen LogP contribution in [0.25, 0.3) is 0 Å². The highest BCUT2D eigenvalue weighted by molar-refractivity contribution is 7.99. The molecular weight excluding hydrogens is 323 g/mol. The maximum absolute atomic E-state index is 14.0. The Morgan fingerprint density at radius 2 is 2.09 bits per heavy atom. The fourth-order valence-corrected chi connectivity index (χ4v) is 3.84. The van der Waals surface area contributed by atoms with Gasteiger partial charge in [0, 0.05) is 28.6 Å². The fraction of sp³-hybridized carbons (Fsp3) is 0.188. The number of halogens is 2. The maximum Gasteiger partial charge on any atom is 0.323 e. The highest BCUT2D eigenvalue weighted by atomic mass is 35.5. The lowest BCUT2D eigenvalue weighted by atomic mass is 10.2. The number of benzene rings is 2. The van der Waals surface area contributed by atoms with Gasteiger partial charge >= 0.3 is 6.03 Å².